The van der Waals surface area contributed by atoms with E-state index in [2.05, 4.69) is 21.5 Å². The number of fused-ring (bicyclic) bond motifs is 1. The minimum absolute atomic E-state index is 0.0112. The average molecular weight is 625 g/mol. The number of hydrogen-bond donors (Lipinski definition) is 0. The van der Waals surface area contributed by atoms with Gasteiger partial charge in [-0.3, -0.25) is 9.78 Å². The summed E-state index contributed by atoms with van der Waals surface area (Å²) in [6.45, 7) is 10.1. The van der Waals surface area contributed by atoms with Crippen LogP contribution in [-0.4, -0.2) is 70.7 Å². The number of carbonyl (C=O) groups excluding carboxylic acids is 1. The van der Waals surface area contributed by atoms with Crippen molar-refractivity contribution in [2.45, 2.75) is 37.6 Å². The van der Waals surface area contributed by atoms with Gasteiger partial charge in [-0.2, -0.15) is 4.98 Å². The van der Waals surface area contributed by atoms with Gasteiger partial charge in [-0.25, -0.2) is 27.2 Å². The molecule has 1 aliphatic heterocycles. The van der Waals surface area contributed by atoms with Crippen LogP contribution in [-0.2, 0) is 14.6 Å². The summed E-state index contributed by atoms with van der Waals surface area (Å²) in [5, 5.41) is 0.328. The van der Waals surface area contributed by atoms with Gasteiger partial charge < -0.3 is 9.80 Å². The lowest BCUT2D eigenvalue weighted by Gasteiger charge is -2.40. The van der Waals surface area contributed by atoms with Gasteiger partial charge >= 0.3 is 5.69 Å². The number of benzene rings is 1. The Hall–Kier alpha value is -4.16. The molecule has 4 heterocycles. The van der Waals surface area contributed by atoms with E-state index >= 15 is 4.39 Å². The molecule has 0 N–H and O–H groups in total. The summed E-state index contributed by atoms with van der Waals surface area (Å²) in [6, 6.07) is 8.82. The van der Waals surface area contributed by atoms with E-state index in [1.165, 1.54) is 24.4 Å². The molecule has 0 radical (unpaired) electrons. The molecule has 1 saturated heterocycles. The lowest BCUT2D eigenvalue weighted by atomic mass is 10.0. The molecule has 1 amide bonds. The maximum atomic E-state index is 15.9. The third-order valence-corrected chi connectivity index (χ3v) is 8.88. The third kappa shape index (κ3) is 5.52. The smallest absolute Gasteiger partial charge is 0.350 e. The van der Waals surface area contributed by atoms with E-state index in [9.17, 15) is 18.0 Å². The monoisotopic (exact) mass is 624 g/mol. The number of hydrogen-bond acceptors (Lipinski definition) is 8. The summed E-state index contributed by atoms with van der Waals surface area (Å²) in [5.41, 5.74) is -0.292. The van der Waals surface area contributed by atoms with Gasteiger partial charge in [0.2, 0.25) is 5.91 Å². The Balaban J connectivity index is 1.88. The largest absolute Gasteiger partial charge is 0.355 e. The van der Waals surface area contributed by atoms with Gasteiger partial charge in [-0.15, -0.1) is 0 Å². The number of para-hydroxylation sites is 1. The normalized spacial score (nSPS) is 15.7. The second kappa shape index (κ2) is 11.5. The molecule has 10 nitrogen and oxygen atoms in total. The molecule has 13 heteroatoms. The number of aromatic nitrogens is 4. The summed E-state index contributed by atoms with van der Waals surface area (Å²) in [4.78, 5) is 42.9. The van der Waals surface area contributed by atoms with Crippen LogP contribution in [0.4, 0.5) is 10.2 Å². The van der Waals surface area contributed by atoms with Crippen molar-refractivity contribution in [3.05, 3.63) is 82.1 Å². The van der Waals surface area contributed by atoms with Crippen molar-refractivity contribution in [3.63, 3.8) is 0 Å². The van der Waals surface area contributed by atoms with Gasteiger partial charge in [0.1, 0.15) is 17.2 Å². The number of anilines is 1. The molecule has 0 spiro atoms. The van der Waals surface area contributed by atoms with Crippen LogP contribution in [0.2, 0.25) is 5.02 Å². The Kier molecular flexibility index (Phi) is 8.10. The topological polar surface area (TPSA) is 118 Å². The number of nitrogens with zero attached hydrogens (tertiary/aromatic N) is 6. The SMILES string of the molecule is C=CC(=O)N1CCN(c2nc(=O)n(-c3c(C(C)C)cccc3S(C)(=O)=O)c3nc(-c4ncccc4Cl)c(F)cc23)[C@@H](C)C1. The molecule has 0 unspecified atom stereocenters. The molecule has 4 aromatic rings. The minimum Gasteiger partial charge on any atom is -0.350 e. The summed E-state index contributed by atoms with van der Waals surface area (Å²) < 4.78 is 43.1. The van der Waals surface area contributed by atoms with Crippen molar-refractivity contribution < 1.29 is 17.6 Å². The molecule has 1 fully saturated rings. The maximum absolute atomic E-state index is 15.9. The zero-order valence-electron chi connectivity index (χ0n) is 24.1. The number of halogens is 2. The van der Waals surface area contributed by atoms with Gasteiger partial charge in [0.15, 0.2) is 21.3 Å². The van der Waals surface area contributed by atoms with Crippen LogP contribution in [0, 0.1) is 5.82 Å². The number of carbonyl (C=O) groups is 1. The predicted molar refractivity (Wildman–Crippen MR) is 164 cm³/mol. The zero-order chi connectivity index (χ0) is 31.2. The molecule has 43 heavy (non-hydrogen) atoms. The lowest BCUT2D eigenvalue weighted by Crippen LogP contribution is -2.54. The van der Waals surface area contributed by atoms with Crippen molar-refractivity contribution in [2.24, 2.45) is 0 Å². The van der Waals surface area contributed by atoms with Crippen LogP contribution >= 0.6 is 11.6 Å². The minimum atomic E-state index is -3.84. The highest BCUT2D eigenvalue weighted by molar-refractivity contribution is 7.90. The Bertz CT molecular complexity index is 1950. The van der Waals surface area contributed by atoms with Crippen LogP contribution in [0.3, 0.4) is 0 Å². The molecule has 3 aromatic heterocycles. The number of pyridine rings is 2. The summed E-state index contributed by atoms with van der Waals surface area (Å²) in [5.74, 6) is -1.00. The second-order valence-electron chi connectivity index (χ2n) is 10.7. The van der Waals surface area contributed by atoms with E-state index in [4.69, 9.17) is 11.6 Å². The number of piperazine rings is 1. The Morgan fingerprint density at radius 3 is 2.53 bits per heavy atom. The van der Waals surface area contributed by atoms with E-state index in [1.54, 1.807) is 29.2 Å². The van der Waals surface area contributed by atoms with E-state index in [-0.39, 0.29) is 61.7 Å². The molecule has 224 valence electrons. The standard InChI is InChI=1S/C30H30ClFN6O4S/c1-6-24(39)36-13-14-37(18(4)16-36)28-20-15-22(32)26(25-21(31)10-8-12-33-25)34-29(20)38(30(40)35-28)27-19(17(2)3)9-7-11-23(27)43(5,41)42/h6-12,15,17-18H,1,13-14,16H2,2-5H3/t18-/m0/s1. The fourth-order valence-corrected chi connectivity index (χ4v) is 6.49. The van der Waals surface area contributed by atoms with Crippen molar-refractivity contribution in [2.75, 3.05) is 30.8 Å². The van der Waals surface area contributed by atoms with Crippen molar-refractivity contribution in [3.8, 4) is 17.1 Å². The highest BCUT2D eigenvalue weighted by Crippen LogP contribution is 2.35. The molecule has 1 aliphatic rings. The first-order valence-electron chi connectivity index (χ1n) is 13.6. The first kappa shape index (κ1) is 30.3. The quantitative estimate of drug-likeness (QED) is 0.290. The van der Waals surface area contributed by atoms with Gasteiger partial charge in [0.25, 0.3) is 0 Å². The van der Waals surface area contributed by atoms with Crippen molar-refractivity contribution in [1.29, 1.82) is 0 Å². The van der Waals surface area contributed by atoms with E-state index in [0.717, 1.165) is 10.8 Å². The molecule has 0 aliphatic carbocycles. The van der Waals surface area contributed by atoms with Crippen LogP contribution in [0.1, 0.15) is 32.3 Å². The van der Waals surface area contributed by atoms with Gasteiger partial charge in [0.05, 0.1) is 21.0 Å². The lowest BCUT2D eigenvalue weighted by molar-refractivity contribution is -0.126. The third-order valence-electron chi connectivity index (χ3n) is 7.45. The molecular formula is C30H30ClFN6O4S. The molecular weight excluding hydrogens is 595 g/mol. The predicted octanol–water partition coefficient (Wildman–Crippen LogP) is 4.39. The van der Waals surface area contributed by atoms with Gasteiger partial charge in [-0.1, -0.05) is 44.2 Å². The Morgan fingerprint density at radius 1 is 1.16 bits per heavy atom. The fraction of sp³-hybridized carbons (Fsp3) is 0.300. The molecule has 1 aromatic carbocycles. The molecule has 0 saturated carbocycles. The summed E-state index contributed by atoms with van der Waals surface area (Å²) >= 11 is 6.37. The van der Waals surface area contributed by atoms with Gasteiger partial charge in [0, 0.05) is 38.1 Å². The second-order valence-corrected chi connectivity index (χ2v) is 13.1. The molecule has 0 bridgehead atoms. The zero-order valence-corrected chi connectivity index (χ0v) is 25.7. The van der Waals surface area contributed by atoms with Crippen molar-refractivity contribution >= 4 is 44.2 Å². The Morgan fingerprint density at radius 2 is 1.91 bits per heavy atom. The first-order chi connectivity index (χ1) is 20.3. The average Bonchev–Trinajstić information content (AvgIpc) is 2.96. The van der Waals surface area contributed by atoms with Gasteiger partial charge in [-0.05, 0) is 48.7 Å². The summed E-state index contributed by atoms with van der Waals surface area (Å²) in [6.07, 6.45) is 3.74. The molecule has 1 atom stereocenters. The van der Waals surface area contributed by atoms with Crippen LogP contribution in [0.5, 0.6) is 0 Å². The number of sulfone groups is 1. The maximum Gasteiger partial charge on any atom is 0.355 e. The van der Waals surface area contributed by atoms with Crippen molar-refractivity contribution in [1.82, 2.24) is 24.4 Å². The molecule has 5 rings (SSSR count). The highest BCUT2D eigenvalue weighted by atomic mass is 35.5. The van der Waals surface area contributed by atoms with E-state index in [1.807, 2.05) is 25.7 Å². The van der Waals surface area contributed by atoms with Crippen LogP contribution in [0.25, 0.3) is 28.1 Å². The van der Waals surface area contributed by atoms with E-state index < -0.39 is 21.3 Å². The highest BCUT2D eigenvalue weighted by Gasteiger charge is 2.31. The number of amides is 1. The first-order valence-corrected chi connectivity index (χ1v) is 15.9. The van der Waals surface area contributed by atoms with E-state index in [0.29, 0.717) is 25.2 Å². The summed E-state index contributed by atoms with van der Waals surface area (Å²) in [7, 11) is -3.84. The number of rotatable bonds is 6. The fourth-order valence-electron chi connectivity index (χ4n) is 5.40. The van der Waals surface area contributed by atoms with Crippen LogP contribution in [0.15, 0.2) is 64.9 Å². The van der Waals surface area contributed by atoms with Crippen LogP contribution < -0.4 is 10.6 Å². The Labute approximate surface area is 253 Å².